The van der Waals surface area contributed by atoms with Gasteiger partial charge in [0.1, 0.15) is 0 Å². The maximum Gasteiger partial charge on any atom is 0.236 e. The number of carbonyl (C=O) groups excluding carboxylic acids is 1. The molecule has 0 aromatic carbocycles. The van der Waals surface area contributed by atoms with Crippen molar-refractivity contribution in [3.05, 3.63) is 0 Å². The van der Waals surface area contributed by atoms with E-state index in [4.69, 9.17) is 4.74 Å². The lowest BCUT2D eigenvalue weighted by atomic mass is 10.00. The Morgan fingerprint density at radius 1 is 1.38 bits per heavy atom. The minimum atomic E-state index is 0.0853. The van der Waals surface area contributed by atoms with E-state index in [0.717, 1.165) is 19.5 Å². The zero-order valence-electron chi connectivity index (χ0n) is 11.0. The predicted octanol–water partition coefficient (Wildman–Crippen LogP) is 0.966. The average Bonchev–Trinajstić information content (AvgIpc) is 2.30. The van der Waals surface area contributed by atoms with Crippen molar-refractivity contribution >= 4 is 5.91 Å². The van der Waals surface area contributed by atoms with Gasteiger partial charge in [-0.1, -0.05) is 6.92 Å². The number of morpholine rings is 1. The minimum absolute atomic E-state index is 0.0853. The minimum Gasteiger partial charge on any atom is -0.378 e. The fraction of sp³-hybridized carbons (Fsp3) is 0.917. The first-order chi connectivity index (χ1) is 7.47. The van der Waals surface area contributed by atoms with E-state index < -0.39 is 0 Å². The van der Waals surface area contributed by atoms with Crippen LogP contribution in [0.25, 0.3) is 0 Å². The van der Waals surface area contributed by atoms with Crippen molar-refractivity contribution in [1.29, 1.82) is 0 Å². The van der Waals surface area contributed by atoms with E-state index in [1.54, 1.807) is 0 Å². The second kappa shape index (κ2) is 5.64. The molecular weight excluding hydrogens is 204 g/mol. The first-order valence-electron chi connectivity index (χ1n) is 6.04. The average molecular weight is 228 g/mol. The van der Waals surface area contributed by atoms with Crippen molar-refractivity contribution in [3.8, 4) is 0 Å². The summed E-state index contributed by atoms with van der Waals surface area (Å²) in [7, 11) is 2.02. The van der Waals surface area contributed by atoms with Gasteiger partial charge in [-0.05, 0) is 27.3 Å². The lowest BCUT2D eigenvalue weighted by Crippen LogP contribution is -2.49. The van der Waals surface area contributed by atoms with Gasteiger partial charge in [-0.2, -0.15) is 0 Å². The Morgan fingerprint density at radius 2 is 1.94 bits per heavy atom. The standard InChI is InChI=1S/C12H24N2O2/c1-5-12(2,3)13(4)10-11(15)14-6-8-16-9-7-14/h5-10H2,1-4H3. The predicted molar refractivity (Wildman–Crippen MR) is 64.4 cm³/mol. The summed E-state index contributed by atoms with van der Waals surface area (Å²) in [5, 5.41) is 0. The van der Waals surface area contributed by atoms with Crippen molar-refractivity contribution in [2.24, 2.45) is 0 Å². The van der Waals surface area contributed by atoms with Crippen LogP contribution in [0.3, 0.4) is 0 Å². The van der Waals surface area contributed by atoms with Gasteiger partial charge in [0.2, 0.25) is 5.91 Å². The van der Waals surface area contributed by atoms with Gasteiger partial charge in [-0.15, -0.1) is 0 Å². The number of carbonyl (C=O) groups is 1. The van der Waals surface area contributed by atoms with Gasteiger partial charge in [-0.25, -0.2) is 0 Å². The molecule has 1 rings (SSSR count). The normalized spacial score (nSPS) is 17.9. The second-order valence-electron chi connectivity index (χ2n) is 5.02. The van der Waals surface area contributed by atoms with Crippen LogP contribution in [0, 0.1) is 0 Å². The summed E-state index contributed by atoms with van der Waals surface area (Å²) < 4.78 is 5.24. The summed E-state index contributed by atoms with van der Waals surface area (Å²) in [4.78, 5) is 16.0. The molecule has 0 aliphatic carbocycles. The molecule has 1 amide bonds. The molecule has 4 nitrogen and oxygen atoms in total. The van der Waals surface area contributed by atoms with Gasteiger partial charge in [0.25, 0.3) is 0 Å². The van der Waals surface area contributed by atoms with Crippen LogP contribution in [0.5, 0.6) is 0 Å². The molecule has 1 fully saturated rings. The third kappa shape index (κ3) is 3.46. The van der Waals surface area contributed by atoms with Crippen LogP contribution in [0.15, 0.2) is 0 Å². The van der Waals surface area contributed by atoms with E-state index in [-0.39, 0.29) is 11.4 Å². The van der Waals surface area contributed by atoms with Crippen molar-refractivity contribution in [2.75, 3.05) is 39.9 Å². The monoisotopic (exact) mass is 228 g/mol. The van der Waals surface area contributed by atoms with E-state index in [0.29, 0.717) is 19.8 Å². The van der Waals surface area contributed by atoms with E-state index in [1.165, 1.54) is 0 Å². The van der Waals surface area contributed by atoms with Crippen LogP contribution in [-0.2, 0) is 9.53 Å². The Hall–Kier alpha value is -0.610. The zero-order chi connectivity index (χ0) is 12.2. The highest BCUT2D eigenvalue weighted by Crippen LogP contribution is 2.16. The highest BCUT2D eigenvalue weighted by atomic mass is 16.5. The van der Waals surface area contributed by atoms with Crippen molar-refractivity contribution in [2.45, 2.75) is 32.7 Å². The van der Waals surface area contributed by atoms with Gasteiger partial charge in [0.15, 0.2) is 0 Å². The second-order valence-corrected chi connectivity index (χ2v) is 5.02. The maximum absolute atomic E-state index is 12.0. The smallest absolute Gasteiger partial charge is 0.236 e. The van der Waals surface area contributed by atoms with E-state index in [1.807, 2.05) is 11.9 Å². The highest BCUT2D eigenvalue weighted by molar-refractivity contribution is 5.78. The van der Waals surface area contributed by atoms with Crippen molar-refractivity contribution < 1.29 is 9.53 Å². The SMILES string of the molecule is CCC(C)(C)N(C)CC(=O)N1CCOCC1. The van der Waals surface area contributed by atoms with Gasteiger partial charge in [-0.3, -0.25) is 9.69 Å². The summed E-state index contributed by atoms with van der Waals surface area (Å²) in [6.07, 6.45) is 1.04. The lowest BCUT2D eigenvalue weighted by Gasteiger charge is -2.36. The highest BCUT2D eigenvalue weighted by Gasteiger charge is 2.25. The molecule has 16 heavy (non-hydrogen) atoms. The molecule has 0 N–H and O–H groups in total. The number of amides is 1. The molecule has 0 unspecified atom stereocenters. The van der Waals surface area contributed by atoms with Gasteiger partial charge < -0.3 is 9.64 Å². The van der Waals surface area contributed by atoms with Crippen LogP contribution in [0.4, 0.5) is 0 Å². The fourth-order valence-corrected chi connectivity index (χ4v) is 1.60. The molecule has 0 aromatic rings. The summed E-state index contributed by atoms with van der Waals surface area (Å²) in [6, 6.07) is 0. The quantitative estimate of drug-likeness (QED) is 0.718. The first kappa shape index (κ1) is 13.5. The number of nitrogens with zero attached hydrogens (tertiary/aromatic N) is 2. The fourth-order valence-electron chi connectivity index (χ4n) is 1.60. The summed E-state index contributed by atoms with van der Waals surface area (Å²) in [6.45, 7) is 9.80. The number of likely N-dealkylation sites (N-methyl/N-ethyl adjacent to an activating group) is 1. The third-order valence-corrected chi connectivity index (χ3v) is 3.63. The summed E-state index contributed by atoms with van der Waals surface area (Å²) in [5.41, 5.74) is 0.0853. The topological polar surface area (TPSA) is 32.8 Å². The molecule has 1 aliphatic heterocycles. The summed E-state index contributed by atoms with van der Waals surface area (Å²) >= 11 is 0. The molecule has 0 bridgehead atoms. The van der Waals surface area contributed by atoms with Crippen LogP contribution < -0.4 is 0 Å². The Morgan fingerprint density at radius 3 is 2.44 bits per heavy atom. The van der Waals surface area contributed by atoms with E-state index in [2.05, 4.69) is 25.7 Å². The Bertz CT molecular complexity index is 235. The van der Waals surface area contributed by atoms with Crippen LogP contribution in [0.2, 0.25) is 0 Å². The lowest BCUT2D eigenvalue weighted by molar-refractivity contribution is -0.137. The molecule has 0 radical (unpaired) electrons. The molecule has 1 heterocycles. The van der Waals surface area contributed by atoms with Crippen LogP contribution in [0.1, 0.15) is 27.2 Å². The van der Waals surface area contributed by atoms with Gasteiger partial charge >= 0.3 is 0 Å². The molecule has 1 saturated heterocycles. The Balaban J connectivity index is 2.43. The Kier molecular flexibility index (Phi) is 4.74. The van der Waals surface area contributed by atoms with Gasteiger partial charge in [0, 0.05) is 18.6 Å². The van der Waals surface area contributed by atoms with E-state index in [9.17, 15) is 4.79 Å². The molecule has 0 saturated carbocycles. The number of hydrogen-bond acceptors (Lipinski definition) is 3. The molecule has 0 spiro atoms. The third-order valence-electron chi connectivity index (χ3n) is 3.63. The molecule has 4 heteroatoms. The van der Waals surface area contributed by atoms with Crippen LogP contribution >= 0.6 is 0 Å². The number of hydrogen-bond donors (Lipinski definition) is 0. The summed E-state index contributed by atoms with van der Waals surface area (Å²) in [5.74, 6) is 0.215. The van der Waals surface area contributed by atoms with Crippen LogP contribution in [-0.4, -0.2) is 61.1 Å². The van der Waals surface area contributed by atoms with Gasteiger partial charge in [0.05, 0.1) is 19.8 Å². The van der Waals surface area contributed by atoms with E-state index >= 15 is 0 Å². The molecule has 0 atom stereocenters. The zero-order valence-corrected chi connectivity index (χ0v) is 11.0. The Labute approximate surface area is 98.5 Å². The van der Waals surface area contributed by atoms with Crippen molar-refractivity contribution in [3.63, 3.8) is 0 Å². The number of ether oxygens (including phenoxy) is 1. The maximum atomic E-state index is 12.0. The first-order valence-corrected chi connectivity index (χ1v) is 6.04. The van der Waals surface area contributed by atoms with Crippen molar-refractivity contribution in [1.82, 2.24) is 9.80 Å². The number of rotatable bonds is 4. The molecular formula is C12H24N2O2. The molecule has 1 aliphatic rings. The molecule has 94 valence electrons. The molecule has 0 aromatic heterocycles. The largest absolute Gasteiger partial charge is 0.378 e.